The molecule has 2 aromatic rings. The Morgan fingerprint density at radius 3 is 2.57 bits per heavy atom. The summed E-state index contributed by atoms with van der Waals surface area (Å²) in [6.07, 6.45) is 0. The van der Waals surface area contributed by atoms with Gasteiger partial charge in [0.05, 0.1) is 4.92 Å². The molecule has 1 heterocycles. The number of nitrogens with zero attached hydrogens (tertiary/aromatic N) is 3. The fraction of sp³-hybridized carbons (Fsp3) is 0.0909. The van der Waals surface area contributed by atoms with Crippen LogP contribution in [0.4, 0.5) is 16.5 Å². The topological polar surface area (TPSA) is 127 Å². The predicted octanol–water partition coefficient (Wildman–Crippen LogP) is 1.33. The van der Waals surface area contributed by atoms with E-state index in [2.05, 4.69) is 20.8 Å². The molecular weight excluding hydrogens is 298 g/mol. The van der Waals surface area contributed by atoms with Crippen LogP contribution in [0.5, 0.6) is 0 Å². The summed E-state index contributed by atoms with van der Waals surface area (Å²) in [6.45, 7) is 1.70. The zero-order valence-corrected chi connectivity index (χ0v) is 11.5. The van der Waals surface area contributed by atoms with Gasteiger partial charge in [-0.05, 0) is 13.0 Å². The van der Waals surface area contributed by atoms with Crippen molar-refractivity contribution in [3.05, 3.63) is 39.4 Å². The molecule has 1 aromatic carbocycles. The highest BCUT2D eigenvalue weighted by Gasteiger charge is 2.17. The first kappa shape index (κ1) is 14.5. The van der Waals surface area contributed by atoms with Crippen molar-refractivity contribution >= 4 is 39.7 Å². The number of benzene rings is 1. The molecule has 0 atom stereocenters. The van der Waals surface area contributed by atoms with Crippen LogP contribution >= 0.6 is 11.3 Å². The van der Waals surface area contributed by atoms with Gasteiger partial charge in [0.25, 0.3) is 5.69 Å². The summed E-state index contributed by atoms with van der Waals surface area (Å²) in [5, 5.41) is 23.3. The summed E-state index contributed by atoms with van der Waals surface area (Å²) < 4.78 is 0. The molecule has 10 heteroatoms. The maximum Gasteiger partial charge on any atom is 0.315 e. The van der Waals surface area contributed by atoms with Crippen LogP contribution in [0.15, 0.2) is 24.3 Å². The normalized spacial score (nSPS) is 9.95. The summed E-state index contributed by atoms with van der Waals surface area (Å²) in [7, 11) is 0. The molecule has 0 saturated heterocycles. The van der Waals surface area contributed by atoms with E-state index in [9.17, 15) is 19.7 Å². The molecule has 0 spiro atoms. The summed E-state index contributed by atoms with van der Waals surface area (Å²) in [5.74, 6) is -1.89. The van der Waals surface area contributed by atoms with E-state index >= 15 is 0 Å². The van der Waals surface area contributed by atoms with E-state index in [1.807, 2.05) is 0 Å². The Morgan fingerprint density at radius 1 is 1.24 bits per heavy atom. The van der Waals surface area contributed by atoms with Crippen LogP contribution in [0.25, 0.3) is 0 Å². The zero-order chi connectivity index (χ0) is 15.4. The van der Waals surface area contributed by atoms with Crippen LogP contribution in [0.2, 0.25) is 0 Å². The lowest BCUT2D eigenvalue weighted by Gasteiger charge is -2.04. The third kappa shape index (κ3) is 3.79. The molecule has 2 N–H and O–H groups in total. The Morgan fingerprint density at radius 2 is 1.95 bits per heavy atom. The number of aryl methyl sites for hydroxylation is 1. The number of aromatic nitrogens is 2. The van der Waals surface area contributed by atoms with Crippen molar-refractivity contribution in [2.75, 3.05) is 10.6 Å². The molecule has 108 valence electrons. The Balaban J connectivity index is 2.02. The minimum absolute atomic E-state index is 0.151. The van der Waals surface area contributed by atoms with Crippen LogP contribution in [0.3, 0.4) is 0 Å². The molecule has 0 bridgehead atoms. The van der Waals surface area contributed by atoms with Gasteiger partial charge in [0.1, 0.15) is 5.01 Å². The molecule has 0 radical (unpaired) electrons. The number of non-ortho nitro benzene ring substituents is 1. The first-order valence-electron chi connectivity index (χ1n) is 5.62. The lowest BCUT2D eigenvalue weighted by atomic mass is 10.3. The molecule has 2 amide bonds. The average Bonchev–Trinajstić information content (AvgIpc) is 2.84. The van der Waals surface area contributed by atoms with E-state index < -0.39 is 16.7 Å². The van der Waals surface area contributed by atoms with Gasteiger partial charge in [-0.2, -0.15) is 0 Å². The van der Waals surface area contributed by atoms with Crippen molar-refractivity contribution in [2.24, 2.45) is 0 Å². The van der Waals surface area contributed by atoms with E-state index in [1.165, 1.54) is 18.2 Å². The number of nitro benzene ring substituents is 1. The molecule has 9 nitrogen and oxygen atoms in total. The first-order valence-corrected chi connectivity index (χ1v) is 6.44. The second-order valence-electron chi connectivity index (χ2n) is 3.84. The SMILES string of the molecule is Cc1nnc(NC(=O)C(=O)Nc2cccc([N+](=O)[O-])c2)s1. The number of carbonyl (C=O) groups is 2. The van der Waals surface area contributed by atoms with Crippen molar-refractivity contribution < 1.29 is 14.5 Å². The molecule has 2 rings (SSSR count). The molecule has 0 aliphatic rings. The van der Waals surface area contributed by atoms with E-state index in [0.717, 1.165) is 17.4 Å². The number of hydrogen-bond acceptors (Lipinski definition) is 7. The molecule has 0 saturated carbocycles. The second-order valence-corrected chi connectivity index (χ2v) is 5.02. The third-order valence-electron chi connectivity index (χ3n) is 2.27. The molecule has 0 unspecified atom stereocenters. The van der Waals surface area contributed by atoms with Crippen LogP contribution in [0.1, 0.15) is 5.01 Å². The summed E-state index contributed by atoms with van der Waals surface area (Å²) in [6, 6.07) is 5.27. The second kappa shape index (κ2) is 6.05. The van der Waals surface area contributed by atoms with Gasteiger partial charge in [-0.25, -0.2) is 0 Å². The molecular formula is C11H9N5O4S. The average molecular weight is 307 g/mol. The summed E-state index contributed by atoms with van der Waals surface area (Å²) >= 11 is 1.12. The lowest BCUT2D eigenvalue weighted by Crippen LogP contribution is -2.29. The van der Waals surface area contributed by atoms with E-state index in [4.69, 9.17) is 0 Å². The standard InChI is InChI=1S/C11H9N5O4S/c1-6-14-15-11(21-6)13-10(18)9(17)12-7-3-2-4-8(5-7)16(19)20/h2-5H,1H3,(H,12,17)(H,13,15,18). The van der Waals surface area contributed by atoms with Crippen LogP contribution in [0, 0.1) is 17.0 Å². The van der Waals surface area contributed by atoms with Gasteiger partial charge in [0.2, 0.25) is 5.13 Å². The van der Waals surface area contributed by atoms with E-state index in [0.29, 0.717) is 5.01 Å². The van der Waals surface area contributed by atoms with Crippen molar-refractivity contribution in [1.29, 1.82) is 0 Å². The van der Waals surface area contributed by atoms with Gasteiger partial charge in [-0.15, -0.1) is 10.2 Å². The number of carbonyl (C=O) groups excluding carboxylic acids is 2. The predicted molar refractivity (Wildman–Crippen MR) is 75.0 cm³/mol. The van der Waals surface area contributed by atoms with Gasteiger partial charge in [0, 0.05) is 17.8 Å². The highest BCUT2D eigenvalue weighted by molar-refractivity contribution is 7.15. The number of nitrogens with one attached hydrogen (secondary N) is 2. The van der Waals surface area contributed by atoms with Crippen molar-refractivity contribution in [1.82, 2.24) is 10.2 Å². The van der Waals surface area contributed by atoms with Gasteiger partial charge in [0.15, 0.2) is 0 Å². The summed E-state index contributed by atoms with van der Waals surface area (Å²) in [5.41, 5.74) is -0.0363. The van der Waals surface area contributed by atoms with E-state index in [-0.39, 0.29) is 16.5 Å². The Hall–Kier alpha value is -2.88. The van der Waals surface area contributed by atoms with Crippen molar-refractivity contribution in [3.8, 4) is 0 Å². The monoisotopic (exact) mass is 307 g/mol. The van der Waals surface area contributed by atoms with Gasteiger partial charge < -0.3 is 5.32 Å². The Bertz CT molecular complexity index is 714. The molecule has 1 aromatic heterocycles. The number of rotatable bonds is 3. The maximum absolute atomic E-state index is 11.7. The van der Waals surface area contributed by atoms with Crippen LogP contribution in [-0.2, 0) is 9.59 Å². The molecule has 0 aliphatic heterocycles. The fourth-order valence-corrected chi connectivity index (χ4v) is 1.97. The first-order chi connectivity index (χ1) is 9.95. The highest BCUT2D eigenvalue weighted by Crippen LogP contribution is 2.17. The quantitative estimate of drug-likeness (QED) is 0.500. The highest BCUT2D eigenvalue weighted by atomic mass is 32.1. The lowest BCUT2D eigenvalue weighted by molar-refractivity contribution is -0.384. The summed E-state index contributed by atoms with van der Waals surface area (Å²) in [4.78, 5) is 33.3. The largest absolute Gasteiger partial charge is 0.318 e. The minimum Gasteiger partial charge on any atom is -0.318 e. The van der Waals surface area contributed by atoms with Crippen molar-refractivity contribution in [3.63, 3.8) is 0 Å². The van der Waals surface area contributed by atoms with Gasteiger partial charge in [-0.3, -0.25) is 25.0 Å². The van der Waals surface area contributed by atoms with Gasteiger partial charge in [-0.1, -0.05) is 17.4 Å². The Kier molecular flexibility index (Phi) is 4.18. The number of nitro groups is 1. The number of anilines is 2. The molecule has 21 heavy (non-hydrogen) atoms. The number of hydrogen-bond donors (Lipinski definition) is 2. The van der Waals surface area contributed by atoms with Crippen LogP contribution in [-0.4, -0.2) is 26.9 Å². The van der Waals surface area contributed by atoms with Gasteiger partial charge >= 0.3 is 11.8 Å². The van der Waals surface area contributed by atoms with Crippen LogP contribution < -0.4 is 10.6 Å². The van der Waals surface area contributed by atoms with E-state index in [1.54, 1.807) is 6.92 Å². The fourth-order valence-electron chi connectivity index (χ4n) is 1.39. The third-order valence-corrected chi connectivity index (χ3v) is 3.02. The molecule has 0 aliphatic carbocycles. The van der Waals surface area contributed by atoms with Crippen molar-refractivity contribution in [2.45, 2.75) is 6.92 Å². The molecule has 0 fully saturated rings. The minimum atomic E-state index is -0.955. The smallest absolute Gasteiger partial charge is 0.315 e. The number of amides is 2. The Labute approximate surface area is 122 Å². The zero-order valence-electron chi connectivity index (χ0n) is 10.7. The maximum atomic E-state index is 11.7.